The number of halogens is 3. The Morgan fingerprint density at radius 1 is 1.08 bits per heavy atom. The van der Waals surface area contributed by atoms with Gasteiger partial charge in [-0.15, -0.1) is 0 Å². The Kier molecular flexibility index (Phi) is 6.60. The molecule has 1 rings (SSSR count). The van der Waals surface area contributed by atoms with Crippen LogP contribution in [0.2, 0.25) is 0 Å². The monoisotopic (exact) mass is 374 g/mol. The number of rotatable bonds is 7. The zero-order valence-corrected chi connectivity index (χ0v) is 14.4. The number of carbonyl (C=O) groups excluding carboxylic acids is 2. The van der Waals surface area contributed by atoms with Gasteiger partial charge in [-0.25, -0.2) is 4.79 Å². The van der Waals surface area contributed by atoms with Gasteiger partial charge in [0.15, 0.2) is 0 Å². The molecule has 0 heterocycles. The molecule has 0 fully saturated rings. The van der Waals surface area contributed by atoms with Crippen LogP contribution in [0.4, 0.5) is 13.2 Å². The van der Waals surface area contributed by atoms with Gasteiger partial charge in [-0.2, -0.15) is 13.2 Å². The molecule has 1 aliphatic carbocycles. The van der Waals surface area contributed by atoms with Crippen molar-refractivity contribution in [3.8, 4) is 0 Å². The average Bonchev–Trinajstić information content (AvgIpc) is 2.44. The number of methoxy groups -OCH3 is 2. The highest BCUT2D eigenvalue weighted by Crippen LogP contribution is 2.66. The van der Waals surface area contributed by atoms with Gasteiger partial charge >= 0.3 is 25.7 Å². The third kappa shape index (κ3) is 3.65. The minimum absolute atomic E-state index is 0.208. The van der Waals surface area contributed by atoms with E-state index in [4.69, 9.17) is 9.05 Å². The maximum absolute atomic E-state index is 13.4. The zero-order chi connectivity index (χ0) is 18.7. The van der Waals surface area contributed by atoms with E-state index >= 15 is 0 Å². The molecule has 0 radical (unpaired) electrons. The lowest BCUT2D eigenvalue weighted by atomic mass is 9.76. The van der Waals surface area contributed by atoms with Crippen molar-refractivity contribution in [3.63, 3.8) is 0 Å². The summed E-state index contributed by atoms with van der Waals surface area (Å²) >= 11 is 0. The number of hydrogen-bond acceptors (Lipinski definition) is 7. The molecule has 11 heteroatoms. The number of ether oxygens (including phenoxy) is 2. The standard InChI is InChI=1S/C13H18F3O7P/c1-5-22-24(19,23-6-2)10-8(12(18)21-4)7(11(17)20-3)9(10)13(14,15)16/h8,10H,5-6H2,1-4H3/t8-,10+/m1/s1. The van der Waals surface area contributed by atoms with Gasteiger partial charge in [0, 0.05) is 0 Å². The molecule has 0 bridgehead atoms. The summed E-state index contributed by atoms with van der Waals surface area (Å²) in [7, 11) is -2.57. The summed E-state index contributed by atoms with van der Waals surface area (Å²) in [6.07, 6.45) is -5.03. The van der Waals surface area contributed by atoms with E-state index in [-0.39, 0.29) is 13.2 Å². The molecule has 7 nitrogen and oxygen atoms in total. The fraction of sp³-hybridized carbons (Fsp3) is 0.692. The summed E-state index contributed by atoms with van der Waals surface area (Å²) in [4.78, 5) is 23.6. The molecular weight excluding hydrogens is 356 g/mol. The zero-order valence-electron chi connectivity index (χ0n) is 13.5. The highest BCUT2D eigenvalue weighted by atomic mass is 31.2. The Balaban J connectivity index is 3.58. The van der Waals surface area contributed by atoms with E-state index < -0.39 is 48.4 Å². The van der Waals surface area contributed by atoms with Crippen molar-refractivity contribution >= 4 is 19.5 Å². The smallest absolute Gasteiger partial charge is 0.414 e. The molecular formula is C13H18F3O7P. The summed E-state index contributed by atoms with van der Waals surface area (Å²) in [5.41, 5.74) is -4.38. The van der Waals surface area contributed by atoms with E-state index in [1.807, 2.05) is 0 Å². The van der Waals surface area contributed by atoms with Gasteiger partial charge in [0.25, 0.3) is 0 Å². The fourth-order valence-corrected chi connectivity index (χ4v) is 4.85. The summed E-state index contributed by atoms with van der Waals surface area (Å²) in [5, 5.41) is 0. The molecule has 0 amide bonds. The fourth-order valence-electron chi connectivity index (χ4n) is 2.49. The van der Waals surface area contributed by atoms with E-state index in [0.717, 1.165) is 14.2 Å². The molecule has 0 N–H and O–H groups in total. The topological polar surface area (TPSA) is 88.1 Å². The van der Waals surface area contributed by atoms with Crippen molar-refractivity contribution in [3.05, 3.63) is 11.1 Å². The van der Waals surface area contributed by atoms with Crippen molar-refractivity contribution in [2.24, 2.45) is 5.92 Å². The predicted octanol–water partition coefficient (Wildman–Crippen LogP) is 2.46. The average molecular weight is 374 g/mol. The Morgan fingerprint density at radius 3 is 1.92 bits per heavy atom. The van der Waals surface area contributed by atoms with Crippen LogP contribution in [0, 0.1) is 5.92 Å². The van der Waals surface area contributed by atoms with E-state index in [2.05, 4.69) is 9.47 Å². The van der Waals surface area contributed by atoms with E-state index in [1.54, 1.807) is 0 Å². The van der Waals surface area contributed by atoms with Gasteiger partial charge in [0.05, 0.1) is 38.6 Å². The van der Waals surface area contributed by atoms with E-state index in [9.17, 15) is 27.3 Å². The minimum Gasteiger partial charge on any atom is -0.469 e. The van der Waals surface area contributed by atoms with Crippen molar-refractivity contribution in [2.75, 3.05) is 27.4 Å². The minimum atomic E-state index is -5.03. The number of carbonyl (C=O) groups is 2. The third-order valence-electron chi connectivity index (χ3n) is 3.34. The molecule has 24 heavy (non-hydrogen) atoms. The van der Waals surface area contributed by atoms with Gasteiger partial charge in [-0.05, 0) is 13.8 Å². The largest absolute Gasteiger partial charge is 0.469 e. The summed E-state index contributed by atoms with van der Waals surface area (Å²) < 4.78 is 71.6. The summed E-state index contributed by atoms with van der Waals surface area (Å²) in [5.74, 6) is -4.26. The van der Waals surface area contributed by atoms with Crippen LogP contribution >= 0.6 is 7.60 Å². The molecule has 0 aromatic heterocycles. The molecule has 0 saturated carbocycles. The Morgan fingerprint density at radius 2 is 1.58 bits per heavy atom. The van der Waals surface area contributed by atoms with Gasteiger partial charge in [0.2, 0.25) is 0 Å². The first kappa shape index (κ1) is 20.7. The highest BCUT2D eigenvalue weighted by molar-refractivity contribution is 7.55. The van der Waals surface area contributed by atoms with Crippen molar-refractivity contribution in [1.29, 1.82) is 0 Å². The van der Waals surface area contributed by atoms with Gasteiger partial charge in [-0.1, -0.05) is 0 Å². The van der Waals surface area contributed by atoms with Crippen molar-refractivity contribution < 1.29 is 45.8 Å². The quantitative estimate of drug-likeness (QED) is 0.500. The van der Waals surface area contributed by atoms with Crippen LogP contribution in [0.1, 0.15) is 13.8 Å². The SMILES string of the molecule is CCOP(=O)(OCC)[C@@H]1C(C(F)(F)F)=C(C(=O)OC)[C@H]1C(=O)OC. The first-order chi connectivity index (χ1) is 11.1. The van der Waals surface area contributed by atoms with Gasteiger partial charge in [0.1, 0.15) is 11.6 Å². The molecule has 0 aliphatic heterocycles. The molecule has 0 spiro atoms. The van der Waals surface area contributed by atoms with Crippen LogP contribution in [0.25, 0.3) is 0 Å². The Hall–Kier alpha value is -1.38. The number of alkyl halides is 3. The van der Waals surface area contributed by atoms with E-state index in [1.165, 1.54) is 13.8 Å². The van der Waals surface area contributed by atoms with Crippen LogP contribution in [0.15, 0.2) is 11.1 Å². The molecule has 0 aromatic rings. The molecule has 0 aromatic carbocycles. The molecule has 138 valence electrons. The van der Waals surface area contributed by atoms with Crippen LogP contribution in [0.5, 0.6) is 0 Å². The lowest BCUT2D eigenvalue weighted by molar-refractivity contribution is -0.152. The summed E-state index contributed by atoms with van der Waals surface area (Å²) in [6.45, 7) is 2.41. The molecule has 2 atom stereocenters. The van der Waals surface area contributed by atoms with E-state index in [0.29, 0.717) is 0 Å². The first-order valence-corrected chi connectivity index (χ1v) is 8.56. The van der Waals surface area contributed by atoms with Crippen LogP contribution in [0.3, 0.4) is 0 Å². The molecule has 0 saturated heterocycles. The second-order valence-corrected chi connectivity index (χ2v) is 6.79. The maximum atomic E-state index is 13.4. The Bertz CT molecular complexity index is 575. The third-order valence-corrected chi connectivity index (χ3v) is 5.81. The maximum Gasteiger partial charge on any atom is 0.414 e. The van der Waals surface area contributed by atoms with Gasteiger partial charge < -0.3 is 18.5 Å². The van der Waals surface area contributed by atoms with Crippen molar-refractivity contribution in [1.82, 2.24) is 0 Å². The Labute approximate surface area is 136 Å². The molecule has 0 unspecified atom stereocenters. The lowest BCUT2D eigenvalue weighted by Crippen LogP contribution is -2.50. The van der Waals surface area contributed by atoms with Crippen molar-refractivity contribution in [2.45, 2.75) is 25.7 Å². The number of hydrogen-bond donors (Lipinski definition) is 0. The first-order valence-electron chi connectivity index (χ1n) is 6.95. The normalized spacial score (nSPS) is 21.3. The number of esters is 2. The van der Waals surface area contributed by atoms with Crippen LogP contribution in [-0.4, -0.2) is 51.2 Å². The predicted molar refractivity (Wildman–Crippen MR) is 75.2 cm³/mol. The second-order valence-electron chi connectivity index (χ2n) is 4.64. The van der Waals surface area contributed by atoms with Gasteiger partial charge in [-0.3, -0.25) is 9.36 Å². The highest BCUT2D eigenvalue weighted by Gasteiger charge is 2.65. The molecule has 1 aliphatic rings. The second kappa shape index (κ2) is 7.67. The summed E-state index contributed by atoms with van der Waals surface area (Å²) in [6, 6.07) is 0. The lowest BCUT2D eigenvalue weighted by Gasteiger charge is -2.41. The van der Waals surface area contributed by atoms with Crippen LogP contribution in [-0.2, 0) is 32.7 Å². The van der Waals surface area contributed by atoms with Crippen LogP contribution < -0.4 is 0 Å². The number of allylic oxidation sites excluding steroid dienone is 1.